The number of benzene rings is 1. The van der Waals surface area contributed by atoms with Crippen LogP contribution >= 0.6 is 0 Å². The largest absolute Gasteiger partial charge is 0.497 e. The molecular formula is C22H24N4O4S. The molecule has 1 aliphatic heterocycles. The molecule has 4 rings (SSSR count). The molecule has 1 fully saturated rings. The minimum Gasteiger partial charge on any atom is -0.497 e. The summed E-state index contributed by atoms with van der Waals surface area (Å²) >= 11 is 0. The number of hydrogen-bond donors (Lipinski definition) is 1. The Bertz CT molecular complexity index is 1160. The maximum Gasteiger partial charge on any atom is 0.271 e. The van der Waals surface area contributed by atoms with Gasteiger partial charge in [0.2, 0.25) is 0 Å². The van der Waals surface area contributed by atoms with Crippen molar-refractivity contribution in [3.63, 3.8) is 0 Å². The van der Waals surface area contributed by atoms with Crippen LogP contribution in [0.4, 0.5) is 0 Å². The first kappa shape index (κ1) is 21.0. The Hall–Kier alpha value is -3.20. The molecule has 9 heteroatoms. The average Bonchev–Trinajstić information content (AvgIpc) is 3.38. The number of nitrogens with zero attached hydrogens (tertiary/aromatic N) is 3. The van der Waals surface area contributed by atoms with Crippen LogP contribution in [0, 0.1) is 0 Å². The van der Waals surface area contributed by atoms with E-state index in [1.807, 2.05) is 36.4 Å². The first-order chi connectivity index (χ1) is 14.9. The number of hydrogen-bond acceptors (Lipinski definition) is 6. The zero-order valence-electron chi connectivity index (χ0n) is 17.2. The Labute approximate surface area is 181 Å². The molecule has 8 nitrogen and oxygen atoms in total. The lowest BCUT2D eigenvalue weighted by molar-refractivity contribution is 0.0948. The van der Waals surface area contributed by atoms with Crippen LogP contribution in [0.2, 0.25) is 0 Å². The van der Waals surface area contributed by atoms with Crippen molar-refractivity contribution in [3.05, 3.63) is 66.1 Å². The van der Waals surface area contributed by atoms with Gasteiger partial charge in [-0.25, -0.2) is 8.42 Å². The third-order valence-corrected chi connectivity index (χ3v) is 7.11. The zero-order chi connectivity index (χ0) is 21.8. The average molecular weight is 441 g/mol. The summed E-state index contributed by atoms with van der Waals surface area (Å²) in [7, 11) is -1.50. The quantitative estimate of drug-likeness (QED) is 0.605. The molecule has 1 atom stereocenters. The SMILES string of the molecule is COc1ccc(-c2cc(C(=O)NCCc3ccncc3)nn2C2CCS(=O)(=O)C2)cc1. The molecule has 0 aliphatic carbocycles. The molecule has 0 saturated carbocycles. The summed E-state index contributed by atoms with van der Waals surface area (Å²) < 4.78 is 30.9. The second-order valence-corrected chi connectivity index (χ2v) is 9.73. The van der Waals surface area contributed by atoms with Crippen molar-refractivity contribution in [2.45, 2.75) is 18.9 Å². The fraction of sp³-hybridized carbons (Fsp3) is 0.318. The van der Waals surface area contributed by atoms with Crippen molar-refractivity contribution in [2.75, 3.05) is 25.2 Å². The van der Waals surface area contributed by atoms with Crippen molar-refractivity contribution in [1.82, 2.24) is 20.1 Å². The topological polar surface area (TPSA) is 103 Å². The van der Waals surface area contributed by atoms with Gasteiger partial charge in [-0.3, -0.25) is 14.5 Å². The molecule has 0 bridgehead atoms. The summed E-state index contributed by atoms with van der Waals surface area (Å²) in [6.07, 6.45) is 4.60. The number of amides is 1. The van der Waals surface area contributed by atoms with E-state index in [0.29, 0.717) is 30.8 Å². The summed E-state index contributed by atoms with van der Waals surface area (Å²) in [4.78, 5) is 16.7. The number of methoxy groups -OCH3 is 1. The van der Waals surface area contributed by atoms with E-state index >= 15 is 0 Å². The number of pyridine rings is 1. The van der Waals surface area contributed by atoms with Crippen LogP contribution in [-0.2, 0) is 16.3 Å². The summed E-state index contributed by atoms with van der Waals surface area (Å²) in [6, 6.07) is 12.6. The molecule has 31 heavy (non-hydrogen) atoms. The van der Waals surface area contributed by atoms with Crippen LogP contribution < -0.4 is 10.1 Å². The predicted molar refractivity (Wildman–Crippen MR) is 117 cm³/mol. The molecule has 1 amide bonds. The summed E-state index contributed by atoms with van der Waals surface area (Å²) in [5.74, 6) is 0.587. The third kappa shape index (κ3) is 4.93. The van der Waals surface area contributed by atoms with Crippen LogP contribution in [0.3, 0.4) is 0 Å². The van der Waals surface area contributed by atoms with Gasteiger partial charge in [0.25, 0.3) is 5.91 Å². The molecule has 162 valence electrons. The second kappa shape index (κ2) is 8.89. The van der Waals surface area contributed by atoms with Gasteiger partial charge in [0.05, 0.1) is 30.4 Å². The molecule has 2 aromatic heterocycles. The maximum atomic E-state index is 12.7. The Kier molecular flexibility index (Phi) is 6.03. The molecule has 3 aromatic rings. The van der Waals surface area contributed by atoms with E-state index in [4.69, 9.17) is 4.74 Å². The molecule has 0 radical (unpaired) electrons. The van der Waals surface area contributed by atoms with Crippen LogP contribution in [0.5, 0.6) is 5.75 Å². The Morgan fingerprint density at radius 2 is 1.94 bits per heavy atom. The van der Waals surface area contributed by atoms with Crippen LogP contribution in [0.25, 0.3) is 11.3 Å². The van der Waals surface area contributed by atoms with E-state index in [2.05, 4.69) is 15.4 Å². The van der Waals surface area contributed by atoms with Crippen LogP contribution in [0.1, 0.15) is 28.5 Å². The molecule has 3 heterocycles. The molecule has 1 unspecified atom stereocenters. The first-order valence-corrected chi connectivity index (χ1v) is 11.9. The number of aromatic nitrogens is 3. The van der Waals surface area contributed by atoms with E-state index in [9.17, 15) is 13.2 Å². The summed E-state index contributed by atoms with van der Waals surface area (Å²) in [5.41, 5.74) is 2.90. The van der Waals surface area contributed by atoms with Crippen molar-refractivity contribution in [3.8, 4) is 17.0 Å². The van der Waals surface area contributed by atoms with E-state index in [-0.39, 0.29) is 29.1 Å². The van der Waals surface area contributed by atoms with Gasteiger partial charge in [-0.1, -0.05) is 0 Å². The third-order valence-electron chi connectivity index (χ3n) is 5.36. The van der Waals surface area contributed by atoms with Gasteiger partial charge < -0.3 is 10.1 Å². The minimum absolute atomic E-state index is 0.0287. The number of nitrogens with one attached hydrogen (secondary N) is 1. The zero-order valence-corrected chi connectivity index (χ0v) is 18.0. The van der Waals surface area contributed by atoms with Gasteiger partial charge in [0, 0.05) is 24.5 Å². The van der Waals surface area contributed by atoms with Gasteiger partial charge in [-0.05, 0) is 60.9 Å². The predicted octanol–water partition coefficient (Wildman–Crippen LogP) is 2.29. The lowest BCUT2D eigenvalue weighted by atomic mass is 10.1. The Morgan fingerprint density at radius 3 is 2.58 bits per heavy atom. The van der Waals surface area contributed by atoms with E-state index in [0.717, 1.165) is 11.1 Å². The molecule has 0 spiro atoms. The smallest absolute Gasteiger partial charge is 0.271 e. The number of rotatable bonds is 7. The lowest BCUT2D eigenvalue weighted by Crippen LogP contribution is -2.26. The molecule has 1 aliphatic rings. The van der Waals surface area contributed by atoms with Gasteiger partial charge in [0.1, 0.15) is 5.75 Å². The Balaban J connectivity index is 1.57. The summed E-state index contributed by atoms with van der Waals surface area (Å²) in [5, 5.41) is 7.39. The van der Waals surface area contributed by atoms with Crippen molar-refractivity contribution in [1.29, 1.82) is 0 Å². The standard InChI is InChI=1S/C22H24N4O4S/c1-30-19-4-2-17(3-5-19)21-14-20(25-26(21)18-9-13-31(28,29)15-18)22(27)24-12-8-16-6-10-23-11-7-16/h2-7,10-11,14,18H,8-9,12-13,15H2,1H3,(H,24,27). The normalized spacial score (nSPS) is 17.4. The fourth-order valence-electron chi connectivity index (χ4n) is 3.69. The van der Waals surface area contributed by atoms with Crippen molar-refractivity contribution >= 4 is 15.7 Å². The highest BCUT2D eigenvalue weighted by atomic mass is 32.2. The van der Waals surface area contributed by atoms with Crippen molar-refractivity contribution in [2.24, 2.45) is 0 Å². The van der Waals surface area contributed by atoms with Gasteiger partial charge >= 0.3 is 0 Å². The minimum atomic E-state index is -3.10. The highest BCUT2D eigenvalue weighted by Gasteiger charge is 2.32. The second-order valence-electron chi connectivity index (χ2n) is 7.51. The molecule has 1 saturated heterocycles. The van der Waals surface area contributed by atoms with E-state index < -0.39 is 9.84 Å². The lowest BCUT2D eigenvalue weighted by Gasteiger charge is -2.13. The number of sulfone groups is 1. The van der Waals surface area contributed by atoms with Crippen LogP contribution in [0.15, 0.2) is 54.9 Å². The fourth-order valence-corrected chi connectivity index (χ4v) is 5.38. The number of ether oxygens (including phenoxy) is 1. The maximum absolute atomic E-state index is 12.7. The molecular weight excluding hydrogens is 416 g/mol. The van der Waals surface area contributed by atoms with E-state index in [1.54, 1.807) is 30.3 Å². The summed E-state index contributed by atoms with van der Waals surface area (Å²) in [6.45, 7) is 0.464. The number of carbonyl (C=O) groups is 1. The monoisotopic (exact) mass is 440 g/mol. The van der Waals surface area contributed by atoms with Crippen LogP contribution in [-0.4, -0.2) is 54.2 Å². The van der Waals surface area contributed by atoms with Gasteiger partial charge in [0.15, 0.2) is 15.5 Å². The highest BCUT2D eigenvalue weighted by molar-refractivity contribution is 7.91. The van der Waals surface area contributed by atoms with Gasteiger partial charge in [-0.15, -0.1) is 0 Å². The molecule has 1 N–H and O–H groups in total. The van der Waals surface area contributed by atoms with E-state index in [1.165, 1.54) is 0 Å². The van der Waals surface area contributed by atoms with Gasteiger partial charge in [-0.2, -0.15) is 5.10 Å². The first-order valence-electron chi connectivity index (χ1n) is 10.1. The van der Waals surface area contributed by atoms with Crippen molar-refractivity contribution < 1.29 is 17.9 Å². The number of carbonyl (C=O) groups excluding carboxylic acids is 1. The molecule has 1 aromatic carbocycles. The Morgan fingerprint density at radius 1 is 1.19 bits per heavy atom. The highest BCUT2D eigenvalue weighted by Crippen LogP contribution is 2.31.